The highest BCUT2D eigenvalue weighted by molar-refractivity contribution is 6.16. The topological polar surface area (TPSA) is 198 Å². The Labute approximate surface area is 430 Å². The number of carbonyl (C=O) groups excluding carboxylic acids is 3. The van der Waals surface area contributed by atoms with Gasteiger partial charge in [-0.2, -0.15) is 0 Å². The zero-order valence-corrected chi connectivity index (χ0v) is 42.1. The van der Waals surface area contributed by atoms with Crippen LogP contribution >= 0.6 is 0 Å². The molecule has 18 heteroatoms. The lowest BCUT2D eigenvalue weighted by Gasteiger charge is -2.26. The summed E-state index contributed by atoms with van der Waals surface area (Å²) in [4.78, 5) is 61.2. The highest BCUT2D eigenvalue weighted by atomic mass is 16.6. The number of hydrogen-bond donors (Lipinski definition) is 2. The van der Waals surface area contributed by atoms with Gasteiger partial charge >= 0.3 is 0 Å². The van der Waals surface area contributed by atoms with E-state index >= 15 is 0 Å². The third-order valence-electron chi connectivity index (χ3n) is 13.4. The summed E-state index contributed by atoms with van der Waals surface area (Å²) in [5, 5.41) is 2.94. The van der Waals surface area contributed by atoms with E-state index in [0.29, 0.717) is 137 Å². The van der Waals surface area contributed by atoms with Gasteiger partial charge in [0.25, 0.3) is 11.8 Å². The summed E-state index contributed by atoms with van der Waals surface area (Å²) in [5.41, 5.74) is 8.20. The van der Waals surface area contributed by atoms with E-state index < -0.39 is 0 Å². The number of nitrogens with two attached hydrogens (primary N) is 1. The molecule has 0 aromatic heterocycles. The maximum atomic E-state index is 14.2. The molecule has 0 saturated carbocycles. The lowest BCUT2D eigenvalue weighted by molar-refractivity contribution is -0.121. The van der Waals surface area contributed by atoms with Gasteiger partial charge in [-0.15, -0.1) is 0 Å². The molecule has 388 valence electrons. The lowest BCUT2D eigenvalue weighted by atomic mass is 10.1. The number of rotatable bonds is 26. The Morgan fingerprint density at radius 2 is 1.19 bits per heavy atom. The largest absolute Gasteiger partial charge is 0.493 e. The van der Waals surface area contributed by atoms with Gasteiger partial charge in [-0.25, -0.2) is 5.90 Å². The molecule has 9 rings (SSSR count). The van der Waals surface area contributed by atoms with Gasteiger partial charge in [0.1, 0.15) is 13.2 Å². The first-order valence-electron chi connectivity index (χ1n) is 25.0. The number of anilines is 3. The first-order chi connectivity index (χ1) is 36.3. The van der Waals surface area contributed by atoms with Gasteiger partial charge in [0, 0.05) is 87.6 Å². The number of benzene rings is 5. The fourth-order valence-corrected chi connectivity index (χ4v) is 9.70. The van der Waals surface area contributed by atoms with Crippen molar-refractivity contribution in [3.63, 3.8) is 0 Å². The molecule has 0 saturated heterocycles. The van der Waals surface area contributed by atoms with E-state index in [1.807, 2.05) is 79.2 Å². The molecule has 18 nitrogen and oxygen atoms in total. The van der Waals surface area contributed by atoms with Crippen molar-refractivity contribution in [2.45, 2.75) is 57.4 Å². The summed E-state index contributed by atoms with van der Waals surface area (Å²) in [6.07, 6.45) is 6.46. The molecule has 3 amide bonds. The maximum Gasteiger partial charge on any atom is 0.261 e. The van der Waals surface area contributed by atoms with Crippen molar-refractivity contribution in [1.29, 1.82) is 0 Å². The molecule has 4 heterocycles. The van der Waals surface area contributed by atoms with E-state index in [-0.39, 0.29) is 43.0 Å². The second-order valence-corrected chi connectivity index (χ2v) is 18.2. The fraction of sp³-hybridized carbons (Fsp3) is 0.375. The van der Waals surface area contributed by atoms with Crippen LogP contribution in [-0.4, -0.2) is 123 Å². The molecular weight excluding hydrogens is 947 g/mol. The second kappa shape index (κ2) is 24.6. The van der Waals surface area contributed by atoms with Gasteiger partial charge in [-0.3, -0.25) is 34.2 Å². The molecule has 4 aliphatic heterocycles. The second-order valence-electron chi connectivity index (χ2n) is 18.2. The number of carbonyl (C=O) groups is 3. The van der Waals surface area contributed by atoms with Gasteiger partial charge in [0.2, 0.25) is 5.91 Å². The number of ether oxygens (including phenoxy) is 7. The van der Waals surface area contributed by atoms with Gasteiger partial charge in [-0.05, 0) is 77.6 Å². The Hall–Kier alpha value is -7.35. The van der Waals surface area contributed by atoms with Gasteiger partial charge in [0.05, 0.1) is 88.4 Å². The number of nitrogens with one attached hydrogen (secondary N) is 1. The predicted octanol–water partition coefficient (Wildman–Crippen LogP) is 7.10. The van der Waals surface area contributed by atoms with Gasteiger partial charge < -0.3 is 48.2 Å². The molecule has 0 aliphatic carbocycles. The number of para-hydroxylation sites is 2. The molecule has 1 unspecified atom stereocenters. The molecule has 0 fully saturated rings. The molecule has 5 aromatic rings. The maximum absolute atomic E-state index is 14.2. The zero-order valence-electron chi connectivity index (χ0n) is 42.1. The van der Waals surface area contributed by atoms with Crippen LogP contribution in [0.25, 0.3) is 0 Å². The first kappa shape index (κ1) is 51.5. The number of methoxy groups -OCH3 is 3. The standard InChI is InChI=1S/C56H63N7O11/c1-67-20-21-71-23-22-70-19-17-61(16-8-14-54(64)58-15-9-18-74-57)41-25-37(35-72-52-31-46-44(29-50(52)68-2)55(65)62-42(33-59-46)27-39-10-4-6-12-48(39)62)24-38(26-41)36-73-53-32-47-45(30-51(53)69-3)56(66)63-43(34-60-47)28-40-11-5-7-13-49(40)63/h4-7,10-13,24-26,29-34,42-43H,8-9,14-23,27-28,35-36,57H2,1-3H3,(H,58,64)/t42-,43?/m0/s1. The third kappa shape index (κ3) is 11.9. The quantitative estimate of drug-likeness (QED) is 0.0421. The normalized spacial score (nSPS) is 15.8. The van der Waals surface area contributed by atoms with Crippen LogP contribution in [0.4, 0.5) is 28.4 Å². The van der Waals surface area contributed by atoms with Crippen LogP contribution in [-0.2, 0) is 49.9 Å². The Kier molecular flexibility index (Phi) is 17.1. The van der Waals surface area contributed by atoms with Crippen LogP contribution in [0.1, 0.15) is 62.2 Å². The van der Waals surface area contributed by atoms with Crippen LogP contribution < -0.4 is 44.9 Å². The van der Waals surface area contributed by atoms with Crippen LogP contribution in [0, 0.1) is 0 Å². The van der Waals surface area contributed by atoms with Crippen LogP contribution in [0.5, 0.6) is 23.0 Å². The minimum absolute atomic E-state index is 0.0699. The minimum Gasteiger partial charge on any atom is -0.493 e. The first-order valence-corrected chi connectivity index (χ1v) is 25.0. The monoisotopic (exact) mass is 1010 g/mol. The van der Waals surface area contributed by atoms with Crippen LogP contribution in [0.15, 0.2) is 101 Å². The smallest absolute Gasteiger partial charge is 0.261 e. The molecular formula is C56H63N7O11. The van der Waals surface area contributed by atoms with Crippen molar-refractivity contribution >= 4 is 58.6 Å². The molecule has 3 N–H and O–H groups in total. The SMILES string of the molecule is COCCOCCOCCN(CCCC(=O)NCCCON)c1cc(COc2cc3c(cc2OC)C(=O)N2c4ccccc4CC2C=N3)cc(COc2cc3c(cc2OC)C(=O)N2c4ccccc4C[C@H]2C=N3)c1. The Morgan fingerprint density at radius 1 is 0.649 bits per heavy atom. The highest BCUT2D eigenvalue weighted by Crippen LogP contribution is 2.43. The summed E-state index contributed by atoms with van der Waals surface area (Å²) in [6.45, 7) is 4.21. The molecule has 0 radical (unpaired) electrons. The summed E-state index contributed by atoms with van der Waals surface area (Å²) in [6, 6.07) is 28.4. The summed E-state index contributed by atoms with van der Waals surface area (Å²) >= 11 is 0. The number of amides is 3. The van der Waals surface area contributed by atoms with Crippen molar-refractivity contribution in [2.75, 3.05) is 95.3 Å². The van der Waals surface area contributed by atoms with E-state index in [9.17, 15) is 14.4 Å². The van der Waals surface area contributed by atoms with Crippen molar-refractivity contribution in [3.8, 4) is 23.0 Å². The minimum atomic E-state index is -0.212. The predicted molar refractivity (Wildman–Crippen MR) is 282 cm³/mol. The third-order valence-corrected chi connectivity index (χ3v) is 13.4. The van der Waals surface area contributed by atoms with E-state index in [1.165, 1.54) is 0 Å². The van der Waals surface area contributed by atoms with Crippen molar-refractivity contribution in [2.24, 2.45) is 15.9 Å². The van der Waals surface area contributed by atoms with Gasteiger partial charge in [-0.1, -0.05) is 36.4 Å². The highest BCUT2D eigenvalue weighted by Gasteiger charge is 2.38. The molecule has 4 aliphatic rings. The number of nitrogens with zero attached hydrogens (tertiary/aromatic N) is 5. The van der Waals surface area contributed by atoms with E-state index in [0.717, 1.165) is 39.3 Å². The van der Waals surface area contributed by atoms with E-state index in [4.69, 9.17) is 49.0 Å². The summed E-state index contributed by atoms with van der Waals surface area (Å²) < 4.78 is 41.6. The van der Waals surface area contributed by atoms with Crippen LogP contribution in [0.3, 0.4) is 0 Å². The Morgan fingerprint density at radius 3 is 1.73 bits per heavy atom. The number of fused-ring (bicyclic) bond motifs is 8. The molecule has 74 heavy (non-hydrogen) atoms. The van der Waals surface area contributed by atoms with Gasteiger partial charge in [0.15, 0.2) is 23.0 Å². The molecule has 0 bridgehead atoms. The summed E-state index contributed by atoms with van der Waals surface area (Å²) in [5.74, 6) is 6.38. The number of hydrogen-bond acceptors (Lipinski definition) is 15. The Balaban J connectivity index is 0.987. The average Bonchev–Trinajstić information content (AvgIpc) is 3.91. The van der Waals surface area contributed by atoms with Crippen molar-refractivity contribution < 1.29 is 52.4 Å². The Bertz CT molecular complexity index is 2710. The van der Waals surface area contributed by atoms with E-state index in [1.54, 1.807) is 55.4 Å². The molecule has 2 atom stereocenters. The zero-order chi connectivity index (χ0) is 51.4. The fourth-order valence-electron chi connectivity index (χ4n) is 9.70. The average molecular weight is 1010 g/mol. The van der Waals surface area contributed by atoms with Crippen molar-refractivity contribution in [3.05, 3.63) is 124 Å². The van der Waals surface area contributed by atoms with Crippen molar-refractivity contribution in [1.82, 2.24) is 5.32 Å². The van der Waals surface area contributed by atoms with Crippen LogP contribution in [0.2, 0.25) is 0 Å². The summed E-state index contributed by atoms with van der Waals surface area (Å²) in [7, 11) is 4.72. The number of aliphatic imine (C=N–C) groups is 2. The molecule has 0 spiro atoms. The lowest BCUT2D eigenvalue weighted by Crippen LogP contribution is -2.37. The molecule has 5 aromatic carbocycles. The van der Waals surface area contributed by atoms with E-state index in [2.05, 4.69) is 15.1 Å².